The van der Waals surface area contributed by atoms with E-state index in [2.05, 4.69) is 15.1 Å². The summed E-state index contributed by atoms with van der Waals surface area (Å²) >= 11 is 0. The number of nitrogens with one attached hydrogen (secondary N) is 1. The van der Waals surface area contributed by atoms with Gasteiger partial charge in [0, 0.05) is 59.8 Å². The van der Waals surface area contributed by atoms with Crippen molar-refractivity contribution >= 4 is 5.91 Å². The van der Waals surface area contributed by atoms with Gasteiger partial charge in [-0.15, -0.1) is 0 Å². The standard InChI is InChI=1S/C15H30N4O/c1-17(2)15(20)5-8-18-9-11-19(12-10-18)13-14-3-6-16-7-4-14/h14,16H,3-13H2,1-2H3. The number of nitrogens with zero attached hydrogens (tertiary/aromatic N) is 3. The molecule has 1 N–H and O–H groups in total. The van der Waals surface area contributed by atoms with Gasteiger partial charge in [-0.25, -0.2) is 0 Å². The summed E-state index contributed by atoms with van der Waals surface area (Å²) in [5.74, 6) is 1.13. The number of piperidine rings is 1. The Kier molecular flexibility index (Phi) is 6.26. The van der Waals surface area contributed by atoms with Crippen LogP contribution in [0.2, 0.25) is 0 Å². The fraction of sp³-hybridized carbons (Fsp3) is 0.933. The minimum atomic E-state index is 0.238. The van der Waals surface area contributed by atoms with Crippen molar-refractivity contribution in [1.29, 1.82) is 0 Å². The van der Waals surface area contributed by atoms with E-state index in [0.29, 0.717) is 6.42 Å². The van der Waals surface area contributed by atoms with Gasteiger partial charge in [-0.3, -0.25) is 4.79 Å². The first kappa shape index (κ1) is 15.7. The summed E-state index contributed by atoms with van der Waals surface area (Å²) in [6.07, 6.45) is 3.32. The van der Waals surface area contributed by atoms with Gasteiger partial charge in [-0.1, -0.05) is 0 Å². The monoisotopic (exact) mass is 282 g/mol. The van der Waals surface area contributed by atoms with Crippen LogP contribution in [0.15, 0.2) is 0 Å². The second-order valence-electron chi connectivity index (χ2n) is 6.37. The maximum absolute atomic E-state index is 11.6. The molecule has 2 heterocycles. The van der Waals surface area contributed by atoms with Crippen LogP contribution in [0.5, 0.6) is 0 Å². The molecule has 0 spiro atoms. The highest BCUT2D eigenvalue weighted by Crippen LogP contribution is 2.14. The van der Waals surface area contributed by atoms with Gasteiger partial charge < -0.3 is 20.0 Å². The van der Waals surface area contributed by atoms with Gasteiger partial charge in [0.15, 0.2) is 0 Å². The lowest BCUT2D eigenvalue weighted by atomic mass is 9.97. The molecule has 1 amide bonds. The summed E-state index contributed by atoms with van der Waals surface area (Å²) in [4.78, 5) is 18.3. The Morgan fingerprint density at radius 1 is 1.10 bits per heavy atom. The fourth-order valence-electron chi connectivity index (χ4n) is 3.10. The molecule has 20 heavy (non-hydrogen) atoms. The van der Waals surface area contributed by atoms with Crippen molar-refractivity contribution in [3.8, 4) is 0 Å². The molecular formula is C15H30N4O. The van der Waals surface area contributed by atoms with Gasteiger partial charge in [0.25, 0.3) is 0 Å². The van der Waals surface area contributed by atoms with E-state index >= 15 is 0 Å². The minimum Gasteiger partial charge on any atom is -0.349 e. The van der Waals surface area contributed by atoms with Gasteiger partial charge in [0.1, 0.15) is 0 Å². The summed E-state index contributed by atoms with van der Waals surface area (Å²) < 4.78 is 0. The molecule has 0 aromatic carbocycles. The number of carbonyl (C=O) groups is 1. The zero-order chi connectivity index (χ0) is 14.4. The van der Waals surface area contributed by atoms with E-state index in [9.17, 15) is 4.79 Å². The molecule has 5 nitrogen and oxygen atoms in total. The zero-order valence-electron chi connectivity index (χ0n) is 13.1. The Morgan fingerprint density at radius 3 is 2.30 bits per heavy atom. The molecule has 2 aliphatic rings. The second kappa shape index (κ2) is 7.96. The number of hydrogen-bond donors (Lipinski definition) is 1. The van der Waals surface area contributed by atoms with Crippen LogP contribution in [0.25, 0.3) is 0 Å². The topological polar surface area (TPSA) is 38.8 Å². The third-order valence-electron chi connectivity index (χ3n) is 4.58. The quantitative estimate of drug-likeness (QED) is 0.775. The third kappa shape index (κ3) is 5.04. The summed E-state index contributed by atoms with van der Waals surface area (Å²) in [5, 5.41) is 3.43. The fourth-order valence-corrected chi connectivity index (χ4v) is 3.10. The molecule has 0 aromatic rings. The van der Waals surface area contributed by atoms with Crippen molar-refractivity contribution in [3.05, 3.63) is 0 Å². The van der Waals surface area contributed by atoms with E-state index in [-0.39, 0.29) is 5.91 Å². The van der Waals surface area contributed by atoms with Crippen LogP contribution in [-0.2, 0) is 4.79 Å². The van der Waals surface area contributed by atoms with Crippen LogP contribution >= 0.6 is 0 Å². The van der Waals surface area contributed by atoms with Crippen molar-refractivity contribution < 1.29 is 4.79 Å². The van der Waals surface area contributed by atoms with Crippen molar-refractivity contribution in [2.45, 2.75) is 19.3 Å². The summed E-state index contributed by atoms with van der Waals surface area (Å²) in [5.41, 5.74) is 0. The first-order valence-electron chi connectivity index (χ1n) is 8.00. The lowest BCUT2D eigenvalue weighted by Gasteiger charge is -2.37. The molecule has 0 saturated carbocycles. The molecule has 2 saturated heterocycles. The molecule has 2 fully saturated rings. The molecule has 0 aliphatic carbocycles. The van der Waals surface area contributed by atoms with Gasteiger partial charge >= 0.3 is 0 Å². The SMILES string of the molecule is CN(C)C(=O)CCN1CCN(CC2CCNCC2)CC1. The molecule has 116 valence electrons. The predicted molar refractivity (Wildman–Crippen MR) is 81.8 cm³/mol. The Balaban J connectivity index is 1.61. The van der Waals surface area contributed by atoms with E-state index in [4.69, 9.17) is 0 Å². The Morgan fingerprint density at radius 2 is 1.70 bits per heavy atom. The second-order valence-corrected chi connectivity index (χ2v) is 6.37. The highest BCUT2D eigenvalue weighted by Gasteiger charge is 2.21. The molecule has 0 bridgehead atoms. The highest BCUT2D eigenvalue weighted by atomic mass is 16.2. The van der Waals surface area contributed by atoms with Crippen molar-refractivity contribution in [1.82, 2.24) is 20.0 Å². The molecular weight excluding hydrogens is 252 g/mol. The molecule has 0 radical (unpaired) electrons. The third-order valence-corrected chi connectivity index (χ3v) is 4.58. The first-order chi connectivity index (χ1) is 9.65. The highest BCUT2D eigenvalue weighted by molar-refractivity contribution is 5.75. The van der Waals surface area contributed by atoms with E-state index in [1.165, 1.54) is 45.6 Å². The Hall–Kier alpha value is -0.650. The van der Waals surface area contributed by atoms with Crippen LogP contribution in [0.4, 0.5) is 0 Å². The molecule has 0 atom stereocenters. The van der Waals surface area contributed by atoms with Gasteiger partial charge in [-0.05, 0) is 31.8 Å². The first-order valence-corrected chi connectivity index (χ1v) is 8.00. The normalized spacial score (nSPS) is 22.9. The number of rotatable bonds is 5. The average Bonchev–Trinajstić information content (AvgIpc) is 2.47. The van der Waals surface area contributed by atoms with E-state index < -0.39 is 0 Å². The van der Waals surface area contributed by atoms with Crippen LogP contribution in [0.3, 0.4) is 0 Å². The summed E-state index contributed by atoms with van der Waals surface area (Å²) in [7, 11) is 3.67. The Bertz CT molecular complexity index is 294. The maximum Gasteiger partial charge on any atom is 0.223 e. The number of amides is 1. The number of carbonyl (C=O) groups excluding carboxylic acids is 1. The smallest absolute Gasteiger partial charge is 0.223 e. The van der Waals surface area contributed by atoms with E-state index in [1.807, 2.05) is 14.1 Å². The van der Waals surface area contributed by atoms with Crippen LogP contribution in [0, 0.1) is 5.92 Å². The van der Waals surface area contributed by atoms with E-state index in [1.54, 1.807) is 4.90 Å². The van der Waals surface area contributed by atoms with E-state index in [0.717, 1.165) is 25.6 Å². The van der Waals surface area contributed by atoms with Crippen LogP contribution in [0.1, 0.15) is 19.3 Å². The molecule has 0 unspecified atom stereocenters. The minimum absolute atomic E-state index is 0.238. The lowest BCUT2D eigenvalue weighted by Crippen LogP contribution is -2.49. The lowest BCUT2D eigenvalue weighted by molar-refractivity contribution is -0.129. The van der Waals surface area contributed by atoms with Crippen molar-refractivity contribution in [2.75, 3.05) is 66.5 Å². The van der Waals surface area contributed by atoms with Gasteiger partial charge in [-0.2, -0.15) is 0 Å². The number of hydrogen-bond acceptors (Lipinski definition) is 4. The van der Waals surface area contributed by atoms with Crippen LogP contribution < -0.4 is 5.32 Å². The molecule has 0 aromatic heterocycles. The Labute approximate surface area is 123 Å². The molecule has 5 heteroatoms. The van der Waals surface area contributed by atoms with Gasteiger partial charge in [0.05, 0.1) is 0 Å². The van der Waals surface area contributed by atoms with Crippen molar-refractivity contribution in [2.24, 2.45) is 5.92 Å². The van der Waals surface area contributed by atoms with Crippen LogP contribution in [-0.4, -0.2) is 87.1 Å². The number of piperazine rings is 1. The molecule has 2 aliphatic heterocycles. The van der Waals surface area contributed by atoms with Gasteiger partial charge in [0.2, 0.25) is 5.91 Å². The predicted octanol–water partition coefficient (Wildman–Crippen LogP) is 0.0819. The summed E-state index contributed by atoms with van der Waals surface area (Å²) in [6, 6.07) is 0. The maximum atomic E-state index is 11.6. The largest absolute Gasteiger partial charge is 0.349 e. The summed E-state index contributed by atoms with van der Waals surface area (Å²) in [6.45, 7) is 9.14. The average molecular weight is 282 g/mol. The molecule has 2 rings (SSSR count). The zero-order valence-corrected chi connectivity index (χ0v) is 13.1. The van der Waals surface area contributed by atoms with Crippen molar-refractivity contribution in [3.63, 3.8) is 0 Å².